The predicted molar refractivity (Wildman–Crippen MR) is 74.5 cm³/mol. The fourth-order valence-corrected chi connectivity index (χ4v) is 2.29. The van der Waals surface area contributed by atoms with Crippen LogP contribution in [0, 0.1) is 6.92 Å². The minimum absolute atomic E-state index is 0.232. The molecule has 0 spiro atoms. The molecular formula is C12H13BrN4O. The molecular weight excluding hydrogens is 296 g/mol. The number of carbonyl (C=O) groups is 1. The molecule has 1 amide bonds. The summed E-state index contributed by atoms with van der Waals surface area (Å²) in [4.78, 5) is 12.0. The van der Waals surface area contributed by atoms with E-state index in [0.717, 1.165) is 10.0 Å². The monoisotopic (exact) mass is 308 g/mol. The summed E-state index contributed by atoms with van der Waals surface area (Å²) in [5.41, 5.74) is 8.05. The molecule has 0 saturated heterocycles. The smallest absolute Gasteiger partial charge is 0.278 e. The zero-order valence-electron chi connectivity index (χ0n) is 10.1. The van der Waals surface area contributed by atoms with Gasteiger partial charge in [-0.1, -0.05) is 15.9 Å². The molecule has 0 saturated carbocycles. The Morgan fingerprint density at radius 2 is 2.17 bits per heavy atom. The van der Waals surface area contributed by atoms with E-state index in [4.69, 9.17) is 5.73 Å². The van der Waals surface area contributed by atoms with E-state index in [1.165, 1.54) is 4.68 Å². The van der Waals surface area contributed by atoms with Gasteiger partial charge >= 0.3 is 0 Å². The molecule has 1 heterocycles. The van der Waals surface area contributed by atoms with E-state index in [9.17, 15) is 4.79 Å². The lowest BCUT2D eigenvalue weighted by atomic mass is 10.2. The number of amides is 1. The average Bonchev–Trinajstić information content (AvgIpc) is 2.56. The van der Waals surface area contributed by atoms with Crippen LogP contribution in [-0.4, -0.2) is 15.7 Å². The zero-order valence-corrected chi connectivity index (χ0v) is 11.7. The highest BCUT2D eigenvalue weighted by molar-refractivity contribution is 9.10. The number of hydrogen-bond donors (Lipinski definition) is 2. The van der Waals surface area contributed by atoms with Gasteiger partial charge in [0, 0.05) is 23.4 Å². The number of nitrogens with two attached hydrogens (primary N) is 1. The highest BCUT2D eigenvalue weighted by Crippen LogP contribution is 2.20. The highest BCUT2D eigenvalue weighted by Gasteiger charge is 2.14. The van der Waals surface area contributed by atoms with Gasteiger partial charge in [-0.3, -0.25) is 9.48 Å². The Morgan fingerprint density at radius 1 is 1.44 bits per heavy atom. The van der Waals surface area contributed by atoms with E-state index in [1.54, 1.807) is 13.2 Å². The quantitative estimate of drug-likeness (QED) is 0.894. The number of aromatic nitrogens is 2. The molecule has 2 rings (SSSR count). The van der Waals surface area contributed by atoms with E-state index in [0.29, 0.717) is 11.4 Å². The third-order valence-corrected chi connectivity index (χ3v) is 2.83. The number of hydrogen-bond acceptors (Lipinski definition) is 3. The second-order valence-corrected chi connectivity index (χ2v) is 4.99. The molecule has 1 aromatic carbocycles. The number of rotatable bonds is 2. The first-order chi connectivity index (χ1) is 8.45. The summed E-state index contributed by atoms with van der Waals surface area (Å²) in [6.45, 7) is 1.95. The Balaban J connectivity index is 2.23. The van der Waals surface area contributed by atoms with E-state index >= 15 is 0 Å². The van der Waals surface area contributed by atoms with Gasteiger partial charge in [-0.2, -0.15) is 5.10 Å². The van der Waals surface area contributed by atoms with Gasteiger partial charge in [-0.25, -0.2) is 0 Å². The SMILES string of the molecule is Cc1cc(Br)cc(NC(=O)c2nn(C)cc2N)c1. The Labute approximate surface area is 113 Å². The van der Waals surface area contributed by atoms with Crippen LogP contribution in [0.25, 0.3) is 0 Å². The van der Waals surface area contributed by atoms with Crippen molar-refractivity contribution in [2.45, 2.75) is 6.92 Å². The number of benzene rings is 1. The number of aryl methyl sites for hydroxylation is 2. The maximum absolute atomic E-state index is 12.0. The fraction of sp³-hybridized carbons (Fsp3) is 0.167. The van der Waals surface area contributed by atoms with Gasteiger partial charge in [0.25, 0.3) is 5.91 Å². The van der Waals surface area contributed by atoms with Crippen molar-refractivity contribution in [2.24, 2.45) is 7.05 Å². The van der Waals surface area contributed by atoms with Crippen LogP contribution in [0.3, 0.4) is 0 Å². The van der Waals surface area contributed by atoms with Gasteiger partial charge in [-0.05, 0) is 30.7 Å². The number of halogens is 1. The lowest BCUT2D eigenvalue weighted by Crippen LogP contribution is -2.14. The molecule has 0 aliphatic carbocycles. The van der Waals surface area contributed by atoms with Gasteiger partial charge in [0.2, 0.25) is 0 Å². The van der Waals surface area contributed by atoms with Gasteiger partial charge in [0.1, 0.15) is 0 Å². The molecule has 0 bridgehead atoms. The summed E-state index contributed by atoms with van der Waals surface area (Å²) in [5.74, 6) is -0.314. The van der Waals surface area contributed by atoms with E-state index < -0.39 is 0 Å². The maximum Gasteiger partial charge on any atom is 0.278 e. The van der Waals surface area contributed by atoms with Crippen molar-refractivity contribution in [3.63, 3.8) is 0 Å². The lowest BCUT2D eigenvalue weighted by molar-refractivity contribution is 0.102. The molecule has 6 heteroatoms. The Kier molecular flexibility index (Phi) is 3.38. The minimum atomic E-state index is -0.314. The van der Waals surface area contributed by atoms with Crippen molar-refractivity contribution < 1.29 is 4.79 Å². The fourth-order valence-electron chi connectivity index (χ4n) is 1.68. The third-order valence-electron chi connectivity index (χ3n) is 2.37. The van der Waals surface area contributed by atoms with Gasteiger partial charge < -0.3 is 11.1 Å². The third kappa shape index (κ3) is 2.70. The summed E-state index contributed by atoms with van der Waals surface area (Å²) < 4.78 is 2.42. The summed E-state index contributed by atoms with van der Waals surface area (Å²) in [5, 5.41) is 6.79. The molecule has 3 N–H and O–H groups in total. The van der Waals surface area contributed by atoms with Crippen LogP contribution in [-0.2, 0) is 7.05 Å². The Morgan fingerprint density at radius 3 is 2.72 bits per heavy atom. The lowest BCUT2D eigenvalue weighted by Gasteiger charge is -2.05. The molecule has 0 aliphatic heterocycles. The predicted octanol–water partition coefficient (Wildman–Crippen LogP) is 2.33. The van der Waals surface area contributed by atoms with Crippen LogP contribution in [0.1, 0.15) is 16.1 Å². The summed E-state index contributed by atoms with van der Waals surface area (Å²) in [7, 11) is 1.72. The van der Waals surface area contributed by atoms with E-state index in [-0.39, 0.29) is 11.6 Å². The van der Waals surface area contributed by atoms with Crippen molar-refractivity contribution in [3.05, 3.63) is 40.1 Å². The number of carbonyl (C=O) groups excluding carboxylic acids is 1. The first kappa shape index (κ1) is 12.6. The molecule has 18 heavy (non-hydrogen) atoms. The zero-order chi connectivity index (χ0) is 13.3. The van der Waals surface area contributed by atoms with Crippen molar-refractivity contribution >= 4 is 33.2 Å². The number of nitrogen functional groups attached to an aromatic ring is 1. The normalized spacial score (nSPS) is 10.4. The molecule has 0 aliphatic rings. The summed E-state index contributed by atoms with van der Waals surface area (Å²) in [6, 6.07) is 5.66. The van der Waals surface area contributed by atoms with Crippen molar-refractivity contribution in [1.82, 2.24) is 9.78 Å². The molecule has 1 aromatic heterocycles. The molecule has 94 valence electrons. The van der Waals surface area contributed by atoms with Gasteiger partial charge in [0.05, 0.1) is 5.69 Å². The molecule has 2 aromatic rings. The molecule has 0 unspecified atom stereocenters. The van der Waals surface area contributed by atoms with Crippen LogP contribution in [0.4, 0.5) is 11.4 Å². The average molecular weight is 309 g/mol. The molecule has 5 nitrogen and oxygen atoms in total. The molecule has 0 fully saturated rings. The van der Waals surface area contributed by atoms with E-state index in [2.05, 4.69) is 26.3 Å². The number of nitrogens with zero attached hydrogens (tertiary/aromatic N) is 2. The summed E-state index contributed by atoms with van der Waals surface area (Å²) in [6.07, 6.45) is 1.60. The largest absolute Gasteiger partial charge is 0.396 e. The second kappa shape index (κ2) is 4.81. The molecule has 0 atom stereocenters. The minimum Gasteiger partial charge on any atom is -0.396 e. The van der Waals surface area contributed by atoms with Gasteiger partial charge in [-0.15, -0.1) is 0 Å². The summed E-state index contributed by atoms with van der Waals surface area (Å²) >= 11 is 3.38. The molecule has 0 radical (unpaired) electrons. The number of nitrogens with one attached hydrogen (secondary N) is 1. The standard InChI is InChI=1S/C12H13BrN4O/c1-7-3-8(13)5-9(4-7)15-12(18)11-10(14)6-17(2)16-11/h3-6H,14H2,1-2H3,(H,15,18). The van der Waals surface area contributed by atoms with Crippen LogP contribution in [0.15, 0.2) is 28.9 Å². The number of anilines is 2. The van der Waals surface area contributed by atoms with Crippen LogP contribution >= 0.6 is 15.9 Å². The van der Waals surface area contributed by atoms with Crippen molar-refractivity contribution in [1.29, 1.82) is 0 Å². The van der Waals surface area contributed by atoms with Crippen LogP contribution < -0.4 is 11.1 Å². The van der Waals surface area contributed by atoms with Gasteiger partial charge in [0.15, 0.2) is 5.69 Å². The Hall–Kier alpha value is -1.82. The van der Waals surface area contributed by atoms with Crippen LogP contribution in [0.5, 0.6) is 0 Å². The first-order valence-corrected chi connectivity index (χ1v) is 6.12. The van der Waals surface area contributed by atoms with E-state index in [1.807, 2.05) is 25.1 Å². The van der Waals surface area contributed by atoms with Crippen molar-refractivity contribution in [2.75, 3.05) is 11.1 Å². The second-order valence-electron chi connectivity index (χ2n) is 4.08. The topological polar surface area (TPSA) is 72.9 Å². The Bertz CT molecular complexity index is 586. The maximum atomic E-state index is 12.0. The van der Waals surface area contributed by atoms with Crippen LogP contribution in [0.2, 0.25) is 0 Å². The van der Waals surface area contributed by atoms with Crippen molar-refractivity contribution in [3.8, 4) is 0 Å². The first-order valence-electron chi connectivity index (χ1n) is 5.33. The highest BCUT2D eigenvalue weighted by atomic mass is 79.9.